The smallest absolute Gasteiger partial charge is 0.255 e. The van der Waals surface area contributed by atoms with Crippen molar-refractivity contribution in [3.63, 3.8) is 0 Å². The van der Waals surface area contributed by atoms with E-state index in [1.54, 1.807) is 0 Å². The summed E-state index contributed by atoms with van der Waals surface area (Å²) in [5.41, 5.74) is 4.24. The number of ether oxygens (including phenoxy) is 1. The minimum Gasteiger partial charge on any atom is -0.379 e. The summed E-state index contributed by atoms with van der Waals surface area (Å²) < 4.78 is 5.35. The van der Waals surface area contributed by atoms with Crippen molar-refractivity contribution in [2.45, 2.75) is 19.0 Å². The van der Waals surface area contributed by atoms with Crippen molar-refractivity contribution in [2.75, 3.05) is 32.8 Å². The lowest BCUT2D eigenvalue weighted by Gasteiger charge is -2.34. The molecule has 2 aliphatic rings. The predicted octanol–water partition coefficient (Wildman–Crippen LogP) is 1.09. The lowest BCUT2D eigenvalue weighted by atomic mass is 10.2. The number of hydrazine groups is 1. The summed E-state index contributed by atoms with van der Waals surface area (Å²) >= 11 is 0. The second-order valence-corrected chi connectivity index (χ2v) is 5.25. The third-order valence-corrected chi connectivity index (χ3v) is 3.88. The zero-order valence-corrected chi connectivity index (χ0v) is 11.6. The minimum absolute atomic E-state index is 0.112. The number of carbonyl (C=O) groups excluding carboxylic acids is 1. The van der Waals surface area contributed by atoms with Crippen molar-refractivity contribution in [1.82, 2.24) is 15.3 Å². The van der Waals surface area contributed by atoms with Gasteiger partial charge in [0.05, 0.1) is 19.4 Å². The predicted molar refractivity (Wildman–Crippen MR) is 76.0 cm³/mol. The molecule has 2 saturated heterocycles. The number of nitrogens with zero attached hydrogens (tertiary/aromatic N) is 2. The summed E-state index contributed by atoms with van der Waals surface area (Å²) in [4.78, 5) is 14.5. The van der Waals surface area contributed by atoms with E-state index >= 15 is 0 Å². The highest BCUT2D eigenvalue weighted by Gasteiger charge is 2.30. The first-order valence-electron chi connectivity index (χ1n) is 7.29. The molecule has 20 heavy (non-hydrogen) atoms. The topological polar surface area (TPSA) is 44.8 Å². The van der Waals surface area contributed by atoms with Crippen LogP contribution in [0.3, 0.4) is 0 Å². The van der Waals surface area contributed by atoms with Gasteiger partial charge in [-0.15, -0.1) is 0 Å². The van der Waals surface area contributed by atoms with E-state index in [2.05, 4.69) is 10.4 Å². The van der Waals surface area contributed by atoms with Crippen LogP contribution >= 0.6 is 0 Å². The summed E-state index contributed by atoms with van der Waals surface area (Å²) in [5.74, 6) is 0.119. The SMILES string of the molecule is O=C(c1ccccc1)N1CCCC1NN1CCOCC1. The molecule has 1 amide bonds. The van der Waals surface area contributed by atoms with Crippen LogP contribution in [0.1, 0.15) is 23.2 Å². The molecule has 0 radical (unpaired) electrons. The van der Waals surface area contributed by atoms with E-state index in [1.807, 2.05) is 35.2 Å². The minimum atomic E-state index is 0.112. The maximum Gasteiger partial charge on any atom is 0.255 e. The zero-order chi connectivity index (χ0) is 13.8. The van der Waals surface area contributed by atoms with E-state index in [0.717, 1.165) is 51.3 Å². The fraction of sp³-hybridized carbons (Fsp3) is 0.533. The Kier molecular flexibility index (Phi) is 4.30. The summed E-state index contributed by atoms with van der Waals surface area (Å²) in [6.45, 7) is 4.10. The van der Waals surface area contributed by atoms with Crippen LogP contribution in [0.4, 0.5) is 0 Å². The molecule has 0 spiro atoms. The second-order valence-electron chi connectivity index (χ2n) is 5.25. The third kappa shape index (κ3) is 3.00. The number of likely N-dealkylation sites (tertiary alicyclic amines) is 1. The molecule has 1 unspecified atom stereocenters. The number of amides is 1. The van der Waals surface area contributed by atoms with Gasteiger partial charge in [0.2, 0.25) is 0 Å². The first-order valence-corrected chi connectivity index (χ1v) is 7.29. The van der Waals surface area contributed by atoms with Crippen LogP contribution in [0.15, 0.2) is 30.3 Å². The Morgan fingerprint density at radius 2 is 1.90 bits per heavy atom. The van der Waals surface area contributed by atoms with Crippen molar-refractivity contribution in [3.8, 4) is 0 Å². The van der Waals surface area contributed by atoms with Crippen LogP contribution in [0, 0.1) is 0 Å². The molecule has 2 aliphatic heterocycles. The van der Waals surface area contributed by atoms with Crippen molar-refractivity contribution >= 4 is 5.91 Å². The highest BCUT2D eigenvalue weighted by molar-refractivity contribution is 5.94. The van der Waals surface area contributed by atoms with Crippen LogP contribution in [0.2, 0.25) is 0 Å². The Balaban J connectivity index is 1.64. The molecule has 2 fully saturated rings. The normalized spacial score (nSPS) is 24.0. The summed E-state index contributed by atoms with van der Waals surface area (Å²) in [6, 6.07) is 9.52. The summed E-state index contributed by atoms with van der Waals surface area (Å²) in [5, 5.41) is 2.17. The molecular formula is C15H21N3O2. The van der Waals surface area contributed by atoms with Gasteiger partial charge >= 0.3 is 0 Å². The van der Waals surface area contributed by atoms with Crippen LogP contribution in [-0.4, -0.2) is 54.8 Å². The summed E-state index contributed by atoms with van der Waals surface area (Å²) in [7, 11) is 0. The van der Waals surface area contributed by atoms with Gasteiger partial charge in [-0.3, -0.25) is 4.79 Å². The molecule has 0 saturated carbocycles. The molecule has 1 aromatic carbocycles. The number of rotatable bonds is 3. The lowest BCUT2D eigenvalue weighted by molar-refractivity contribution is -0.00999. The number of nitrogens with one attached hydrogen (secondary N) is 1. The van der Waals surface area contributed by atoms with Crippen LogP contribution in [-0.2, 0) is 4.74 Å². The van der Waals surface area contributed by atoms with Gasteiger partial charge in [0.25, 0.3) is 5.91 Å². The van der Waals surface area contributed by atoms with Gasteiger partial charge in [0.1, 0.15) is 0 Å². The van der Waals surface area contributed by atoms with Gasteiger partial charge in [-0.1, -0.05) is 18.2 Å². The number of hydrogen-bond acceptors (Lipinski definition) is 4. The van der Waals surface area contributed by atoms with E-state index in [9.17, 15) is 4.79 Å². The maximum atomic E-state index is 12.5. The van der Waals surface area contributed by atoms with Crippen molar-refractivity contribution in [2.24, 2.45) is 0 Å². The molecule has 2 heterocycles. The largest absolute Gasteiger partial charge is 0.379 e. The Morgan fingerprint density at radius 1 is 1.15 bits per heavy atom. The molecule has 1 N–H and O–H groups in total. The first kappa shape index (κ1) is 13.5. The Bertz CT molecular complexity index is 446. The monoisotopic (exact) mass is 275 g/mol. The van der Waals surface area contributed by atoms with Gasteiger partial charge in [-0.25, -0.2) is 10.4 Å². The highest BCUT2D eigenvalue weighted by atomic mass is 16.5. The van der Waals surface area contributed by atoms with Gasteiger partial charge in [-0.05, 0) is 25.0 Å². The van der Waals surface area contributed by atoms with Gasteiger partial charge in [-0.2, -0.15) is 0 Å². The maximum absolute atomic E-state index is 12.5. The van der Waals surface area contributed by atoms with Crippen molar-refractivity contribution in [3.05, 3.63) is 35.9 Å². The first-order chi connectivity index (χ1) is 9.84. The van der Waals surface area contributed by atoms with Crippen LogP contribution in [0.5, 0.6) is 0 Å². The molecule has 0 bridgehead atoms. The Hall–Kier alpha value is -1.43. The summed E-state index contributed by atoms with van der Waals surface area (Å²) in [6.07, 6.45) is 2.18. The number of hydrogen-bond donors (Lipinski definition) is 1. The molecule has 0 aliphatic carbocycles. The Morgan fingerprint density at radius 3 is 2.65 bits per heavy atom. The Labute approximate surface area is 119 Å². The van der Waals surface area contributed by atoms with E-state index in [4.69, 9.17) is 4.74 Å². The van der Waals surface area contributed by atoms with Gasteiger partial charge in [0.15, 0.2) is 0 Å². The standard InChI is InChI=1S/C15H21N3O2/c19-15(13-5-2-1-3-6-13)18-8-4-7-14(18)16-17-9-11-20-12-10-17/h1-3,5-6,14,16H,4,7-12H2. The fourth-order valence-corrected chi connectivity index (χ4v) is 2.79. The molecule has 3 rings (SSSR count). The van der Waals surface area contributed by atoms with Crippen LogP contribution in [0.25, 0.3) is 0 Å². The van der Waals surface area contributed by atoms with Gasteiger partial charge < -0.3 is 9.64 Å². The van der Waals surface area contributed by atoms with E-state index in [1.165, 1.54) is 0 Å². The number of carbonyl (C=O) groups is 1. The number of benzene rings is 1. The average molecular weight is 275 g/mol. The van der Waals surface area contributed by atoms with E-state index in [-0.39, 0.29) is 12.1 Å². The lowest BCUT2D eigenvalue weighted by Crippen LogP contribution is -2.55. The molecule has 108 valence electrons. The van der Waals surface area contributed by atoms with Crippen molar-refractivity contribution in [1.29, 1.82) is 0 Å². The fourth-order valence-electron chi connectivity index (χ4n) is 2.79. The highest BCUT2D eigenvalue weighted by Crippen LogP contribution is 2.18. The average Bonchev–Trinajstić information content (AvgIpc) is 2.96. The zero-order valence-electron chi connectivity index (χ0n) is 11.6. The molecule has 1 aromatic rings. The molecule has 1 atom stereocenters. The number of morpholine rings is 1. The second kappa shape index (κ2) is 6.35. The van der Waals surface area contributed by atoms with E-state index in [0.29, 0.717) is 0 Å². The van der Waals surface area contributed by atoms with Gasteiger partial charge in [0, 0.05) is 25.2 Å². The quantitative estimate of drug-likeness (QED) is 0.897. The molecule has 5 heteroatoms. The van der Waals surface area contributed by atoms with E-state index < -0.39 is 0 Å². The van der Waals surface area contributed by atoms with Crippen LogP contribution < -0.4 is 5.43 Å². The third-order valence-electron chi connectivity index (χ3n) is 3.88. The molecular weight excluding hydrogens is 254 g/mol. The van der Waals surface area contributed by atoms with Crippen molar-refractivity contribution < 1.29 is 9.53 Å². The molecule has 5 nitrogen and oxygen atoms in total. The molecule has 0 aromatic heterocycles.